The van der Waals surface area contributed by atoms with Crippen molar-refractivity contribution in [3.63, 3.8) is 0 Å². The fraction of sp³-hybridized carbons (Fsp3) is 0.588. The van der Waals surface area contributed by atoms with Crippen molar-refractivity contribution < 1.29 is 9.53 Å². The van der Waals surface area contributed by atoms with Crippen molar-refractivity contribution in [1.82, 2.24) is 9.80 Å². The molecule has 0 saturated carbocycles. The summed E-state index contributed by atoms with van der Waals surface area (Å²) in [5.74, 6) is 0.911. The third kappa shape index (κ3) is 3.83. The van der Waals surface area contributed by atoms with E-state index in [-0.39, 0.29) is 5.91 Å². The summed E-state index contributed by atoms with van der Waals surface area (Å²) in [4.78, 5) is 16.8. The molecule has 4 heteroatoms. The van der Waals surface area contributed by atoms with Crippen LogP contribution in [0, 0.1) is 5.92 Å². The number of amides is 1. The Morgan fingerprint density at radius 1 is 1.14 bits per heavy atom. The molecule has 3 rings (SSSR count). The summed E-state index contributed by atoms with van der Waals surface area (Å²) in [5, 5.41) is 0. The van der Waals surface area contributed by atoms with E-state index in [4.69, 9.17) is 4.74 Å². The van der Waals surface area contributed by atoms with Crippen molar-refractivity contribution in [2.24, 2.45) is 5.92 Å². The highest BCUT2D eigenvalue weighted by Crippen LogP contribution is 2.17. The molecule has 2 aliphatic rings. The van der Waals surface area contributed by atoms with Gasteiger partial charge in [-0.2, -0.15) is 0 Å². The van der Waals surface area contributed by atoms with Gasteiger partial charge < -0.3 is 9.64 Å². The average Bonchev–Trinajstić information content (AvgIpc) is 3.07. The molecule has 114 valence electrons. The molecule has 1 atom stereocenters. The van der Waals surface area contributed by atoms with Crippen LogP contribution in [0.1, 0.15) is 23.2 Å². The van der Waals surface area contributed by atoms with Gasteiger partial charge in [0, 0.05) is 45.0 Å². The van der Waals surface area contributed by atoms with Gasteiger partial charge in [0.2, 0.25) is 0 Å². The van der Waals surface area contributed by atoms with Crippen molar-refractivity contribution in [2.45, 2.75) is 12.8 Å². The van der Waals surface area contributed by atoms with Crippen LogP contribution in [0.5, 0.6) is 0 Å². The van der Waals surface area contributed by atoms with E-state index in [2.05, 4.69) is 4.90 Å². The Labute approximate surface area is 126 Å². The van der Waals surface area contributed by atoms with Crippen LogP contribution in [-0.2, 0) is 4.74 Å². The first kappa shape index (κ1) is 14.5. The Morgan fingerprint density at radius 3 is 2.57 bits per heavy atom. The molecular formula is C17H24N2O2. The summed E-state index contributed by atoms with van der Waals surface area (Å²) in [7, 11) is 0. The average molecular weight is 288 g/mol. The van der Waals surface area contributed by atoms with Crippen LogP contribution in [0.25, 0.3) is 0 Å². The maximum atomic E-state index is 12.4. The van der Waals surface area contributed by atoms with Gasteiger partial charge in [-0.1, -0.05) is 18.2 Å². The largest absolute Gasteiger partial charge is 0.381 e. The topological polar surface area (TPSA) is 32.8 Å². The van der Waals surface area contributed by atoms with Gasteiger partial charge in [-0.25, -0.2) is 0 Å². The molecule has 0 bridgehead atoms. The Kier molecular flexibility index (Phi) is 4.88. The number of carbonyl (C=O) groups is 1. The molecule has 1 aromatic rings. The van der Waals surface area contributed by atoms with E-state index in [1.54, 1.807) is 0 Å². The van der Waals surface area contributed by atoms with Crippen LogP contribution in [0.3, 0.4) is 0 Å². The Hall–Kier alpha value is -1.39. The minimum atomic E-state index is 0.166. The number of rotatable bonds is 4. The van der Waals surface area contributed by atoms with Gasteiger partial charge in [0.1, 0.15) is 0 Å². The van der Waals surface area contributed by atoms with Gasteiger partial charge in [0.25, 0.3) is 5.91 Å². The minimum Gasteiger partial charge on any atom is -0.381 e. The molecule has 4 nitrogen and oxygen atoms in total. The second-order valence-corrected chi connectivity index (χ2v) is 6.02. The molecule has 2 heterocycles. The lowest BCUT2D eigenvalue weighted by molar-refractivity contribution is 0.0629. The van der Waals surface area contributed by atoms with Gasteiger partial charge >= 0.3 is 0 Å². The van der Waals surface area contributed by atoms with Gasteiger partial charge in [0.05, 0.1) is 0 Å². The summed E-state index contributed by atoms with van der Waals surface area (Å²) in [6, 6.07) is 9.59. The van der Waals surface area contributed by atoms with Crippen molar-refractivity contribution in [2.75, 3.05) is 45.9 Å². The van der Waals surface area contributed by atoms with Crippen LogP contribution in [-0.4, -0.2) is 61.6 Å². The smallest absolute Gasteiger partial charge is 0.253 e. The Bertz CT molecular complexity index is 449. The zero-order valence-corrected chi connectivity index (χ0v) is 12.5. The highest BCUT2D eigenvalue weighted by atomic mass is 16.5. The number of ether oxygens (including phenoxy) is 1. The first-order chi connectivity index (χ1) is 10.3. The molecular weight excluding hydrogens is 264 g/mol. The molecule has 0 N–H and O–H groups in total. The lowest BCUT2D eigenvalue weighted by Gasteiger charge is -2.35. The number of carbonyl (C=O) groups excluding carboxylic acids is 1. The highest BCUT2D eigenvalue weighted by Gasteiger charge is 2.23. The SMILES string of the molecule is O=C(c1ccccc1)N1CCN(CC[C@H]2CCOC2)CC1. The second-order valence-electron chi connectivity index (χ2n) is 6.02. The third-order valence-electron chi connectivity index (χ3n) is 4.56. The van der Waals surface area contributed by atoms with Gasteiger partial charge in [0.15, 0.2) is 0 Å². The first-order valence-electron chi connectivity index (χ1n) is 7.97. The highest BCUT2D eigenvalue weighted by molar-refractivity contribution is 5.94. The molecule has 21 heavy (non-hydrogen) atoms. The molecule has 0 aromatic heterocycles. The monoisotopic (exact) mass is 288 g/mol. The van der Waals surface area contributed by atoms with Crippen LogP contribution in [0.15, 0.2) is 30.3 Å². The number of hydrogen-bond donors (Lipinski definition) is 0. The van der Waals surface area contributed by atoms with Crippen LogP contribution in [0.2, 0.25) is 0 Å². The van der Waals surface area contributed by atoms with Crippen molar-refractivity contribution in [3.8, 4) is 0 Å². The first-order valence-corrected chi connectivity index (χ1v) is 7.97. The van der Waals surface area contributed by atoms with Crippen LogP contribution in [0.4, 0.5) is 0 Å². The lowest BCUT2D eigenvalue weighted by Crippen LogP contribution is -2.49. The molecule has 0 aliphatic carbocycles. The van der Waals surface area contributed by atoms with Gasteiger partial charge in [-0.05, 0) is 37.4 Å². The van der Waals surface area contributed by atoms with Crippen molar-refractivity contribution >= 4 is 5.91 Å². The maximum absolute atomic E-state index is 12.4. The molecule has 0 spiro atoms. The van der Waals surface area contributed by atoms with E-state index >= 15 is 0 Å². The fourth-order valence-corrected chi connectivity index (χ4v) is 3.11. The second kappa shape index (κ2) is 7.05. The zero-order valence-electron chi connectivity index (χ0n) is 12.5. The van der Waals surface area contributed by atoms with Crippen LogP contribution >= 0.6 is 0 Å². The van der Waals surface area contributed by atoms with E-state index in [0.717, 1.165) is 57.4 Å². The molecule has 2 fully saturated rings. The van der Waals surface area contributed by atoms with Gasteiger partial charge in [-0.3, -0.25) is 9.69 Å². The van der Waals surface area contributed by atoms with E-state index in [0.29, 0.717) is 0 Å². The summed E-state index contributed by atoms with van der Waals surface area (Å²) in [6.45, 7) is 6.68. The van der Waals surface area contributed by atoms with Crippen molar-refractivity contribution in [3.05, 3.63) is 35.9 Å². The quantitative estimate of drug-likeness (QED) is 0.848. The molecule has 0 radical (unpaired) electrons. The summed E-state index contributed by atoms with van der Waals surface area (Å²) < 4.78 is 5.42. The number of benzene rings is 1. The summed E-state index contributed by atoms with van der Waals surface area (Å²) >= 11 is 0. The molecule has 2 aliphatic heterocycles. The number of piperazine rings is 1. The molecule has 1 amide bonds. The standard InChI is InChI=1S/C17H24N2O2/c20-17(16-4-2-1-3-5-16)19-11-9-18(10-12-19)8-6-15-7-13-21-14-15/h1-5,15H,6-14H2/t15-/m0/s1. The normalized spacial score (nSPS) is 23.4. The molecule has 0 unspecified atom stereocenters. The zero-order chi connectivity index (χ0) is 14.5. The van der Waals surface area contributed by atoms with E-state index in [1.807, 2.05) is 35.2 Å². The summed E-state index contributed by atoms with van der Waals surface area (Å²) in [6.07, 6.45) is 2.44. The van der Waals surface area contributed by atoms with Crippen LogP contribution < -0.4 is 0 Å². The molecule has 1 aromatic carbocycles. The van der Waals surface area contributed by atoms with E-state index in [1.165, 1.54) is 12.8 Å². The Morgan fingerprint density at radius 2 is 1.90 bits per heavy atom. The fourth-order valence-electron chi connectivity index (χ4n) is 3.11. The predicted octanol–water partition coefficient (Wildman–Crippen LogP) is 1.87. The number of hydrogen-bond acceptors (Lipinski definition) is 3. The maximum Gasteiger partial charge on any atom is 0.253 e. The summed E-state index contributed by atoms with van der Waals surface area (Å²) in [5.41, 5.74) is 0.800. The Balaban J connectivity index is 1.43. The number of nitrogens with zero attached hydrogens (tertiary/aromatic N) is 2. The molecule has 2 saturated heterocycles. The lowest BCUT2D eigenvalue weighted by atomic mass is 10.0. The van der Waals surface area contributed by atoms with Gasteiger partial charge in [-0.15, -0.1) is 0 Å². The third-order valence-corrected chi connectivity index (χ3v) is 4.56. The van der Waals surface area contributed by atoms with Crippen molar-refractivity contribution in [1.29, 1.82) is 0 Å². The van der Waals surface area contributed by atoms with E-state index in [9.17, 15) is 4.79 Å². The van der Waals surface area contributed by atoms with E-state index < -0.39 is 0 Å². The minimum absolute atomic E-state index is 0.166. The predicted molar refractivity (Wildman–Crippen MR) is 82.3 cm³/mol.